The largest absolute Gasteiger partial charge is 0.374 e. The van der Waals surface area contributed by atoms with Crippen LogP contribution in [0.15, 0.2) is 6.07 Å². The first-order chi connectivity index (χ1) is 8.34. The van der Waals surface area contributed by atoms with E-state index in [0.29, 0.717) is 6.04 Å². The normalized spacial score (nSPS) is 12.6. The number of hydrogen-bond acceptors (Lipinski definition) is 2. The third-order valence-corrected chi connectivity index (χ3v) is 3.86. The number of anilines is 1. The number of nitrogens with zero attached hydrogens (tertiary/aromatic N) is 1. The molecule has 1 aromatic carbocycles. The number of aryl methyl sites for hydroxylation is 2. The van der Waals surface area contributed by atoms with E-state index in [1.807, 2.05) is 0 Å². The minimum absolute atomic E-state index is 0.305. The van der Waals surface area contributed by atoms with E-state index in [2.05, 4.69) is 52.6 Å². The Labute approximate surface area is 112 Å². The maximum Gasteiger partial charge on any atom is 0.0428 e. The summed E-state index contributed by atoms with van der Waals surface area (Å²) in [6.45, 7) is 12.0. The highest BCUT2D eigenvalue weighted by Crippen LogP contribution is 2.29. The van der Waals surface area contributed by atoms with E-state index in [1.54, 1.807) is 0 Å². The lowest BCUT2D eigenvalue weighted by atomic mass is 9.98. The third kappa shape index (κ3) is 3.49. The Balaban J connectivity index is 2.88. The smallest absolute Gasteiger partial charge is 0.0428 e. The summed E-state index contributed by atoms with van der Waals surface area (Å²) < 4.78 is 0. The van der Waals surface area contributed by atoms with Crippen molar-refractivity contribution in [3.63, 3.8) is 0 Å². The van der Waals surface area contributed by atoms with Gasteiger partial charge in [0.1, 0.15) is 0 Å². The molecule has 0 heterocycles. The summed E-state index contributed by atoms with van der Waals surface area (Å²) in [7, 11) is 2.19. The highest BCUT2D eigenvalue weighted by molar-refractivity contribution is 5.63. The summed E-state index contributed by atoms with van der Waals surface area (Å²) >= 11 is 0. The molecule has 0 fully saturated rings. The fraction of sp³-hybridized carbons (Fsp3) is 0.625. The van der Waals surface area contributed by atoms with Crippen molar-refractivity contribution in [2.45, 2.75) is 53.5 Å². The predicted molar refractivity (Wildman–Crippen MR) is 81.5 cm³/mol. The van der Waals surface area contributed by atoms with Crippen molar-refractivity contribution < 1.29 is 0 Å². The highest BCUT2D eigenvalue weighted by Gasteiger charge is 2.12. The molecule has 18 heavy (non-hydrogen) atoms. The van der Waals surface area contributed by atoms with Gasteiger partial charge >= 0.3 is 0 Å². The van der Waals surface area contributed by atoms with E-state index in [9.17, 15) is 0 Å². The van der Waals surface area contributed by atoms with Crippen LogP contribution >= 0.6 is 0 Å². The maximum atomic E-state index is 5.81. The molecule has 0 saturated heterocycles. The molecule has 1 atom stereocenters. The van der Waals surface area contributed by atoms with Crippen LogP contribution in [0.4, 0.5) is 5.69 Å². The van der Waals surface area contributed by atoms with Gasteiger partial charge in [0.05, 0.1) is 0 Å². The quantitative estimate of drug-likeness (QED) is 0.864. The van der Waals surface area contributed by atoms with Crippen LogP contribution < -0.4 is 10.6 Å². The second kappa shape index (κ2) is 6.24. The molecule has 2 N–H and O–H groups in total. The van der Waals surface area contributed by atoms with Crippen molar-refractivity contribution in [1.29, 1.82) is 0 Å². The van der Waals surface area contributed by atoms with Gasteiger partial charge in [0.2, 0.25) is 0 Å². The number of rotatable bonds is 5. The van der Waals surface area contributed by atoms with Gasteiger partial charge in [-0.15, -0.1) is 0 Å². The second-order valence-electron chi connectivity index (χ2n) is 5.65. The van der Waals surface area contributed by atoms with Gasteiger partial charge in [0.25, 0.3) is 0 Å². The SMILES string of the molecule is Cc1cc(C)c(C)c(N(C)CCCC(C)N)c1C. The average molecular weight is 248 g/mol. The van der Waals surface area contributed by atoms with E-state index in [-0.39, 0.29) is 0 Å². The standard InChI is InChI=1S/C16H28N2/c1-11-10-12(2)15(5)16(14(11)4)18(6)9-7-8-13(3)17/h10,13H,7-9,17H2,1-6H3. The van der Waals surface area contributed by atoms with Crippen LogP contribution in [0.5, 0.6) is 0 Å². The van der Waals surface area contributed by atoms with Crippen LogP contribution in [-0.4, -0.2) is 19.6 Å². The first kappa shape index (κ1) is 15.0. The summed E-state index contributed by atoms with van der Waals surface area (Å²) in [4.78, 5) is 2.38. The molecule has 0 saturated carbocycles. The van der Waals surface area contributed by atoms with Gasteiger partial charge in [-0.25, -0.2) is 0 Å². The molecule has 0 spiro atoms. The molecule has 1 aromatic rings. The molecular weight excluding hydrogens is 220 g/mol. The average Bonchev–Trinajstić information content (AvgIpc) is 2.26. The van der Waals surface area contributed by atoms with Gasteiger partial charge < -0.3 is 10.6 Å². The molecule has 0 aliphatic rings. The summed E-state index contributed by atoms with van der Waals surface area (Å²) in [5, 5.41) is 0. The zero-order valence-corrected chi connectivity index (χ0v) is 12.8. The van der Waals surface area contributed by atoms with Gasteiger partial charge in [-0.2, -0.15) is 0 Å². The van der Waals surface area contributed by atoms with E-state index in [1.165, 1.54) is 27.9 Å². The zero-order chi connectivity index (χ0) is 13.9. The topological polar surface area (TPSA) is 29.3 Å². The Kier molecular flexibility index (Phi) is 5.21. The van der Waals surface area contributed by atoms with Gasteiger partial charge in [0.15, 0.2) is 0 Å². The molecule has 0 radical (unpaired) electrons. The first-order valence-corrected chi connectivity index (χ1v) is 6.88. The van der Waals surface area contributed by atoms with Crippen LogP contribution in [0, 0.1) is 27.7 Å². The minimum atomic E-state index is 0.305. The second-order valence-corrected chi connectivity index (χ2v) is 5.65. The summed E-state index contributed by atoms with van der Waals surface area (Å²) in [6, 6.07) is 2.59. The Morgan fingerprint density at radius 3 is 2.06 bits per heavy atom. The Bertz CT molecular complexity index is 382. The fourth-order valence-electron chi connectivity index (χ4n) is 2.53. The third-order valence-electron chi connectivity index (χ3n) is 3.86. The van der Waals surface area contributed by atoms with Crippen LogP contribution in [-0.2, 0) is 0 Å². The molecule has 0 aliphatic heterocycles. The first-order valence-electron chi connectivity index (χ1n) is 6.88. The molecule has 0 bridgehead atoms. The Hall–Kier alpha value is -1.02. The summed E-state index contributed by atoms with van der Waals surface area (Å²) in [6.07, 6.45) is 2.24. The van der Waals surface area contributed by atoms with Crippen LogP contribution in [0.2, 0.25) is 0 Å². The van der Waals surface area contributed by atoms with E-state index < -0.39 is 0 Å². The van der Waals surface area contributed by atoms with Crippen molar-refractivity contribution >= 4 is 5.69 Å². The number of benzene rings is 1. The lowest BCUT2D eigenvalue weighted by Crippen LogP contribution is -2.23. The van der Waals surface area contributed by atoms with Crippen LogP contribution in [0.25, 0.3) is 0 Å². The molecule has 1 unspecified atom stereocenters. The lowest BCUT2D eigenvalue weighted by molar-refractivity contribution is 0.621. The molecule has 1 rings (SSSR count). The van der Waals surface area contributed by atoms with E-state index in [0.717, 1.165) is 19.4 Å². The van der Waals surface area contributed by atoms with Crippen molar-refractivity contribution in [1.82, 2.24) is 0 Å². The van der Waals surface area contributed by atoms with Crippen LogP contribution in [0.1, 0.15) is 42.0 Å². The molecule has 0 aliphatic carbocycles. The molecule has 0 amide bonds. The zero-order valence-electron chi connectivity index (χ0n) is 12.8. The summed E-state index contributed by atoms with van der Waals surface area (Å²) in [5.74, 6) is 0. The number of nitrogens with two attached hydrogens (primary N) is 1. The maximum absolute atomic E-state index is 5.81. The number of hydrogen-bond donors (Lipinski definition) is 1. The molecule has 2 heteroatoms. The summed E-state index contributed by atoms with van der Waals surface area (Å²) in [5.41, 5.74) is 12.8. The monoisotopic (exact) mass is 248 g/mol. The van der Waals surface area contributed by atoms with Crippen molar-refractivity contribution in [3.05, 3.63) is 28.3 Å². The van der Waals surface area contributed by atoms with Crippen LogP contribution in [0.3, 0.4) is 0 Å². The predicted octanol–water partition coefficient (Wildman–Crippen LogP) is 3.48. The van der Waals surface area contributed by atoms with Gasteiger partial charge in [0, 0.05) is 25.3 Å². The molecule has 102 valence electrons. The van der Waals surface area contributed by atoms with Crippen molar-refractivity contribution in [2.24, 2.45) is 5.73 Å². The Morgan fingerprint density at radius 1 is 1.11 bits per heavy atom. The highest BCUT2D eigenvalue weighted by atomic mass is 15.1. The van der Waals surface area contributed by atoms with Gasteiger partial charge in [-0.3, -0.25) is 0 Å². The molecule has 2 nitrogen and oxygen atoms in total. The van der Waals surface area contributed by atoms with Crippen molar-refractivity contribution in [3.8, 4) is 0 Å². The Morgan fingerprint density at radius 2 is 1.61 bits per heavy atom. The van der Waals surface area contributed by atoms with E-state index in [4.69, 9.17) is 5.73 Å². The minimum Gasteiger partial charge on any atom is -0.374 e. The molecular formula is C16H28N2. The lowest BCUT2D eigenvalue weighted by Gasteiger charge is -2.26. The van der Waals surface area contributed by atoms with Crippen molar-refractivity contribution in [2.75, 3.05) is 18.5 Å². The van der Waals surface area contributed by atoms with Gasteiger partial charge in [-0.05, 0) is 69.7 Å². The van der Waals surface area contributed by atoms with E-state index >= 15 is 0 Å². The molecule has 0 aromatic heterocycles. The van der Waals surface area contributed by atoms with Gasteiger partial charge in [-0.1, -0.05) is 6.07 Å². The fourth-order valence-corrected chi connectivity index (χ4v) is 2.53.